The number of fused-ring (bicyclic) bond motifs is 1. The molecule has 0 fully saturated rings. The second kappa shape index (κ2) is 6.92. The van der Waals surface area contributed by atoms with Crippen LogP contribution in [0.4, 0.5) is 0 Å². The highest BCUT2D eigenvalue weighted by atomic mass is 16.4. The molecular weight excluding hydrogens is 336 g/mol. The summed E-state index contributed by atoms with van der Waals surface area (Å²) in [5.41, 5.74) is 5.49. The number of rotatable bonds is 4. The minimum Gasteiger partial charge on any atom is -0.478 e. The molecule has 4 heteroatoms. The second-order valence-electron chi connectivity index (χ2n) is 6.37. The Balaban J connectivity index is 1.56. The lowest BCUT2D eigenvalue weighted by atomic mass is 10.1. The summed E-state index contributed by atoms with van der Waals surface area (Å²) in [5.74, 6) is 0.0269. The molecule has 0 amide bonds. The van der Waals surface area contributed by atoms with E-state index in [9.17, 15) is 4.79 Å². The summed E-state index contributed by atoms with van der Waals surface area (Å²) in [5, 5.41) is 8.94. The molecule has 4 rings (SSSR count). The molecule has 0 atom stereocenters. The van der Waals surface area contributed by atoms with Crippen LogP contribution in [0.3, 0.4) is 0 Å². The number of carboxylic acid groups (broad SMARTS) is 1. The van der Waals surface area contributed by atoms with Crippen LogP contribution in [-0.4, -0.2) is 20.6 Å². The summed E-state index contributed by atoms with van der Waals surface area (Å²) in [6, 6.07) is 23.1. The molecule has 1 aromatic heterocycles. The molecule has 0 saturated heterocycles. The number of imidazole rings is 1. The third kappa shape index (κ3) is 3.37. The number of aromatic nitrogens is 2. The Morgan fingerprint density at radius 1 is 0.889 bits per heavy atom. The maximum atomic E-state index is 10.9. The molecule has 0 aliphatic heterocycles. The first-order valence-corrected chi connectivity index (χ1v) is 8.65. The maximum Gasteiger partial charge on any atom is 0.335 e. The highest BCUT2D eigenvalue weighted by Gasteiger charge is 2.08. The summed E-state index contributed by atoms with van der Waals surface area (Å²) in [4.78, 5) is 15.6. The van der Waals surface area contributed by atoms with E-state index in [1.54, 1.807) is 24.3 Å². The van der Waals surface area contributed by atoms with Crippen molar-refractivity contribution in [3.05, 3.63) is 89.5 Å². The smallest absolute Gasteiger partial charge is 0.335 e. The lowest BCUT2D eigenvalue weighted by Crippen LogP contribution is -1.94. The molecule has 0 bridgehead atoms. The molecule has 0 radical (unpaired) electrons. The van der Waals surface area contributed by atoms with Gasteiger partial charge in [-0.05, 0) is 35.4 Å². The van der Waals surface area contributed by atoms with E-state index in [0.29, 0.717) is 5.56 Å². The number of aromatic carboxylic acids is 1. The van der Waals surface area contributed by atoms with Gasteiger partial charge in [0, 0.05) is 12.6 Å². The first-order valence-electron chi connectivity index (χ1n) is 8.65. The van der Waals surface area contributed by atoms with E-state index in [2.05, 4.69) is 34.9 Å². The minimum absolute atomic E-state index is 0.291. The van der Waals surface area contributed by atoms with Crippen LogP contribution in [0.15, 0.2) is 72.8 Å². The Bertz CT molecular complexity index is 1140. The number of carbonyl (C=O) groups is 1. The van der Waals surface area contributed by atoms with E-state index in [4.69, 9.17) is 10.1 Å². The van der Waals surface area contributed by atoms with Crippen molar-refractivity contribution in [3.8, 4) is 11.4 Å². The summed E-state index contributed by atoms with van der Waals surface area (Å²) in [6.07, 6.45) is 3.98. The Hall–Kier alpha value is -3.66. The topological polar surface area (TPSA) is 55.1 Å². The molecule has 3 aromatic carbocycles. The zero-order chi connectivity index (χ0) is 18.8. The molecule has 4 aromatic rings. The predicted molar refractivity (Wildman–Crippen MR) is 108 cm³/mol. The Labute approximate surface area is 157 Å². The largest absolute Gasteiger partial charge is 0.478 e. The number of aryl methyl sites for hydroxylation is 1. The third-order valence-corrected chi connectivity index (χ3v) is 4.58. The number of benzene rings is 3. The molecule has 27 heavy (non-hydrogen) atoms. The fraction of sp³-hybridized carbons (Fsp3) is 0.0435. The number of hydrogen-bond donors (Lipinski definition) is 1. The molecule has 0 saturated carbocycles. The summed E-state index contributed by atoms with van der Waals surface area (Å²) >= 11 is 0. The first-order chi connectivity index (χ1) is 13.1. The average molecular weight is 354 g/mol. The highest BCUT2D eigenvalue weighted by Crippen LogP contribution is 2.24. The van der Waals surface area contributed by atoms with E-state index < -0.39 is 5.97 Å². The van der Waals surface area contributed by atoms with Crippen LogP contribution < -0.4 is 0 Å². The molecule has 1 heterocycles. The number of hydrogen-bond acceptors (Lipinski definition) is 2. The van der Waals surface area contributed by atoms with Crippen molar-refractivity contribution in [3.63, 3.8) is 0 Å². The molecular formula is C23H18N2O2. The predicted octanol–water partition coefficient (Wildman–Crippen LogP) is 5.11. The first kappa shape index (κ1) is 16.8. The fourth-order valence-electron chi connectivity index (χ4n) is 3.08. The van der Waals surface area contributed by atoms with Crippen LogP contribution in [0.5, 0.6) is 0 Å². The SMILES string of the molecule is Cn1c(-c2ccc(C=Cc3ccc(C(=O)O)cc3)cc2)nc2ccccc21. The zero-order valence-corrected chi connectivity index (χ0v) is 14.8. The number of nitrogens with zero attached hydrogens (tertiary/aromatic N) is 2. The van der Waals surface area contributed by atoms with Gasteiger partial charge in [0.2, 0.25) is 0 Å². The van der Waals surface area contributed by atoms with Crippen molar-refractivity contribution in [1.82, 2.24) is 9.55 Å². The lowest BCUT2D eigenvalue weighted by molar-refractivity contribution is 0.0697. The minimum atomic E-state index is -0.914. The van der Waals surface area contributed by atoms with Crippen molar-refractivity contribution in [2.75, 3.05) is 0 Å². The second-order valence-corrected chi connectivity index (χ2v) is 6.37. The molecule has 0 aliphatic rings. The summed E-state index contributed by atoms with van der Waals surface area (Å²) < 4.78 is 2.10. The van der Waals surface area contributed by atoms with Gasteiger partial charge in [-0.25, -0.2) is 9.78 Å². The van der Waals surface area contributed by atoms with Crippen molar-refractivity contribution in [2.24, 2.45) is 7.05 Å². The van der Waals surface area contributed by atoms with Crippen LogP contribution in [-0.2, 0) is 7.05 Å². The van der Waals surface area contributed by atoms with Gasteiger partial charge < -0.3 is 9.67 Å². The van der Waals surface area contributed by atoms with Gasteiger partial charge in [0.25, 0.3) is 0 Å². The lowest BCUT2D eigenvalue weighted by Gasteiger charge is -2.03. The molecule has 0 aliphatic carbocycles. The van der Waals surface area contributed by atoms with E-state index in [1.165, 1.54) is 0 Å². The van der Waals surface area contributed by atoms with Crippen molar-refractivity contribution < 1.29 is 9.90 Å². The van der Waals surface area contributed by atoms with Crippen LogP contribution >= 0.6 is 0 Å². The van der Waals surface area contributed by atoms with Crippen molar-refractivity contribution in [2.45, 2.75) is 0 Å². The van der Waals surface area contributed by atoms with Gasteiger partial charge in [0.1, 0.15) is 5.82 Å². The van der Waals surface area contributed by atoms with E-state index >= 15 is 0 Å². The number of carboxylic acids is 1. The maximum absolute atomic E-state index is 10.9. The molecule has 1 N–H and O–H groups in total. The molecule has 4 nitrogen and oxygen atoms in total. The fourth-order valence-corrected chi connectivity index (χ4v) is 3.08. The average Bonchev–Trinajstić information content (AvgIpc) is 3.04. The van der Waals surface area contributed by atoms with Gasteiger partial charge in [-0.1, -0.05) is 60.7 Å². The van der Waals surface area contributed by atoms with Crippen LogP contribution in [0.1, 0.15) is 21.5 Å². The van der Waals surface area contributed by atoms with Crippen LogP contribution in [0.25, 0.3) is 34.6 Å². The Morgan fingerprint density at radius 3 is 2.07 bits per heavy atom. The van der Waals surface area contributed by atoms with Gasteiger partial charge >= 0.3 is 5.97 Å². The van der Waals surface area contributed by atoms with Gasteiger partial charge in [-0.2, -0.15) is 0 Å². The monoisotopic (exact) mass is 354 g/mol. The van der Waals surface area contributed by atoms with Gasteiger partial charge in [-0.15, -0.1) is 0 Å². The third-order valence-electron chi connectivity index (χ3n) is 4.58. The molecule has 0 unspecified atom stereocenters. The Morgan fingerprint density at radius 2 is 1.48 bits per heavy atom. The zero-order valence-electron chi connectivity index (χ0n) is 14.8. The van der Waals surface area contributed by atoms with Crippen molar-refractivity contribution in [1.29, 1.82) is 0 Å². The van der Waals surface area contributed by atoms with Crippen LogP contribution in [0.2, 0.25) is 0 Å². The Kier molecular flexibility index (Phi) is 4.30. The van der Waals surface area contributed by atoms with Gasteiger partial charge in [0.05, 0.1) is 16.6 Å². The molecule has 0 spiro atoms. The summed E-state index contributed by atoms with van der Waals surface area (Å²) in [6.45, 7) is 0. The number of para-hydroxylation sites is 2. The van der Waals surface area contributed by atoms with Crippen molar-refractivity contribution >= 4 is 29.2 Å². The van der Waals surface area contributed by atoms with Gasteiger partial charge in [-0.3, -0.25) is 0 Å². The van der Waals surface area contributed by atoms with E-state index in [0.717, 1.165) is 33.5 Å². The molecule has 132 valence electrons. The standard InChI is InChI=1S/C23H18N2O2/c1-25-21-5-3-2-4-20(21)24-22(25)18-12-8-16(9-13-18)6-7-17-10-14-19(15-11-17)23(26)27/h2-15H,1H3,(H,26,27). The highest BCUT2D eigenvalue weighted by molar-refractivity contribution is 5.88. The van der Waals surface area contributed by atoms with E-state index in [1.807, 2.05) is 37.4 Å². The van der Waals surface area contributed by atoms with E-state index in [-0.39, 0.29) is 0 Å². The normalized spacial score (nSPS) is 11.3. The quantitative estimate of drug-likeness (QED) is 0.518. The summed E-state index contributed by atoms with van der Waals surface area (Å²) in [7, 11) is 2.03. The van der Waals surface area contributed by atoms with Gasteiger partial charge in [0.15, 0.2) is 0 Å². The van der Waals surface area contributed by atoms with Crippen LogP contribution in [0, 0.1) is 0 Å².